The molecule has 0 aliphatic rings. The molecule has 33 heavy (non-hydrogen) atoms. The molecular formula is C31H41NO. The van der Waals surface area contributed by atoms with Crippen molar-refractivity contribution in [2.75, 3.05) is 6.61 Å². The van der Waals surface area contributed by atoms with Crippen molar-refractivity contribution in [2.24, 2.45) is 0 Å². The zero-order valence-electron chi connectivity index (χ0n) is 20.7. The predicted molar refractivity (Wildman–Crippen MR) is 141 cm³/mol. The molecule has 2 aromatic carbocycles. The van der Waals surface area contributed by atoms with Crippen molar-refractivity contribution >= 4 is 0 Å². The minimum Gasteiger partial charge on any atom is -0.492 e. The summed E-state index contributed by atoms with van der Waals surface area (Å²) in [5.41, 5.74) is 6.40. The Bertz CT molecular complexity index is 897. The lowest BCUT2D eigenvalue weighted by atomic mass is 10.00. The van der Waals surface area contributed by atoms with Crippen LogP contribution in [0.3, 0.4) is 0 Å². The van der Waals surface area contributed by atoms with Crippen LogP contribution in [-0.4, -0.2) is 11.6 Å². The maximum Gasteiger partial charge on any atom is 0.137 e. The van der Waals surface area contributed by atoms with E-state index in [0.29, 0.717) is 0 Å². The fourth-order valence-corrected chi connectivity index (χ4v) is 4.11. The minimum atomic E-state index is 0.779. The average Bonchev–Trinajstić information content (AvgIpc) is 2.86. The van der Waals surface area contributed by atoms with Gasteiger partial charge in [-0.3, -0.25) is 4.98 Å². The van der Waals surface area contributed by atoms with Crippen molar-refractivity contribution in [3.8, 4) is 17.0 Å². The Labute approximate surface area is 201 Å². The van der Waals surface area contributed by atoms with Crippen LogP contribution in [0.15, 0.2) is 66.9 Å². The second kappa shape index (κ2) is 14.5. The lowest BCUT2D eigenvalue weighted by molar-refractivity contribution is 0.303. The molecule has 0 radical (unpaired) electrons. The zero-order valence-corrected chi connectivity index (χ0v) is 20.7. The first-order chi connectivity index (χ1) is 16.3. The molecule has 3 aromatic rings. The van der Waals surface area contributed by atoms with Gasteiger partial charge in [-0.15, -0.1) is 0 Å². The molecule has 0 aliphatic carbocycles. The fourth-order valence-electron chi connectivity index (χ4n) is 4.11. The molecule has 2 nitrogen and oxygen atoms in total. The number of pyridine rings is 1. The Balaban J connectivity index is 1.43. The van der Waals surface area contributed by atoms with Crippen LogP contribution in [0.25, 0.3) is 11.3 Å². The van der Waals surface area contributed by atoms with Crippen molar-refractivity contribution in [1.29, 1.82) is 0 Å². The molecule has 0 unspecified atom stereocenters. The van der Waals surface area contributed by atoms with Gasteiger partial charge in [-0.25, -0.2) is 0 Å². The van der Waals surface area contributed by atoms with Gasteiger partial charge in [0.05, 0.1) is 18.5 Å². The highest BCUT2D eigenvalue weighted by atomic mass is 16.5. The number of unbranched alkanes of at least 4 members (excludes halogenated alkanes) is 6. The Kier molecular flexibility index (Phi) is 11.0. The van der Waals surface area contributed by atoms with Gasteiger partial charge in [0.15, 0.2) is 0 Å². The first kappa shape index (κ1) is 25.0. The molecule has 0 amide bonds. The first-order valence-electron chi connectivity index (χ1n) is 13.0. The summed E-state index contributed by atoms with van der Waals surface area (Å²) in [6, 6.07) is 22.1. The molecule has 0 spiro atoms. The summed E-state index contributed by atoms with van der Waals surface area (Å²) in [6.45, 7) is 5.28. The average molecular weight is 444 g/mol. The molecule has 0 saturated carbocycles. The summed E-state index contributed by atoms with van der Waals surface area (Å²) in [7, 11) is 0. The van der Waals surface area contributed by atoms with Gasteiger partial charge in [0.25, 0.3) is 0 Å². The van der Waals surface area contributed by atoms with Gasteiger partial charge in [-0.05, 0) is 60.9 Å². The largest absolute Gasteiger partial charge is 0.492 e. The molecule has 0 N–H and O–H groups in total. The summed E-state index contributed by atoms with van der Waals surface area (Å²) in [5.74, 6) is 0.863. The van der Waals surface area contributed by atoms with E-state index in [2.05, 4.69) is 73.4 Å². The van der Waals surface area contributed by atoms with Crippen LogP contribution in [0.2, 0.25) is 0 Å². The highest BCUT2D eigenvalue weighted by Crippen LogP contribution is 2.21. The van der Waals surface area contributed by atoms with Gasteiger partial charge in [-0.1, -0.05) is 101 Å². The van der Waals surface area contributed by atoms with E-state index in [1.54, 1.807) is 0 Å². The molecule has 1 heterocycles. The van der Waals surface area contributed by atoms with E-state index in [1.807, 2.05) is 12.3 Å². The molecule has 0 saturated heterocycles. The van der Waals surface area contributed by atoms with Gasteiger partial charge in [-0.2, -0.15) is 0 Å². The van der Waals surface area contributed by atoms with Gasteiger partial charge < -0.3 is 4.74 Å². The van der Waals surface area contributed by atoms with Crippen LogP contribution in [-0.2, 0) is 19.3 Å². The van der Waals surface area contributed by atoms with Crippen LogP contribution in [0.1, 0.15) is 81.9 Å². The first-order valence-corrected chi connectivity index (χ1v) is 13.0. The highest BCUT2D eigenvalue weighted by molar-refractivity contribution is 5.59. The van der Waals surface area contributed by atoms with Crippen LogP contribution in [0.4, 0.5) is 0 Å². The van der Waals surface area contributed by atoms with Crippen molar-refractivity contribution < 1.29 is 4.74 Å². The van der Waals surface area contributed by atoms with Crippen molar-refractivity contribution in [3.63, 3.8) is 0 Å². The van der Waals surface area contributed by atoms with E-state index in [4.69, 9.17) is 4.74 Å². The van der Waals surface area contributed by atoms with Gasteiger partial charge in [0, 0.05) is 5.56 Å². The van der Waals surface area contributed by atoms with Crippen LogP contribution < -0.4 is 4.74 Å². The lowest BCUT2D eigenvalue weighted by Gasteiger charge is -2.08. The summed E-state index contributed by atoms with van der Waals surface area (Å²) in [4.78, 5) is 4.61. The number of hydrogen-bond donors (Lipinski definition) is 0. The number of aromatic nitrogens is 1. The molecule has 0 aliphatic heterocycles. The van der Waals surface area contributed by atoms with Crippen molar-refractivity contribution in [2.45, 2.75) is 84.5 Å². The molecule has 176 valence electrons. The third-order valence-electron chi connectivity index (χ3n) is 6.30. The van der Waals surface area contributed by atoms with Gasteiger partial charge in [0.1, 0.15) is 5.75 Å². The number of benzene rings is 2. The monoisotopic (exact) mass is 443 g/mol. The smallest absolute Gasteiger partial charge is 0.137 e. The van der Waals surface area contributed by atoms with Gasteiger partial charge >= 0.3 is 0 Å². The number of ether oxygens (including phenoxy) is 1. The van der Waals surface area contributed by atoms with Crippen molar-refractivity contribution in [3.05, 3.63) is 83.6 Å². The zero-order chi connectivity index (χ0) is 23.1. The van der Waals surface area contributed by atoms with E-state index >= 15 is 0 Å². The normalized spacial score (nSPS) is 11.0. The quantitative estimate of drug-likeness (QED) is 0.219. The predicted octanol–water partition coefficient (Wildman–Crippen LogP) is 8.62. The summed E-state index contributed by atoms with van der Waals surface area (Å²) in [5, 5.41) is 0. The molecule has 0 bridgehead atoms. The Morgan fingerprint density at radius 1 is 0.576 bits per heavy atom. The lowest BCUT2D eigenvalue weighted by Crippen LogP contribution is -1.98. The van der Waals surface area contributed by atoms with Gasteiger partial charge in [0.2, 0.25) is 0 Å². The molecule has 3 rings (SSSR count). The van der Waals surface area contributed by atoms with Crippen LogP contribution >= 0.6 is 0 Å². The Morgan fingerprint density at radius 3 is 1.76 bits per heavy atom. The molecule has 0 fully saturated rings. The summed E-state index contributed by atoms with van der Waals surface area (Å²) < 4.78 is 5.84. The maximum absolute atomic E-state index is 5.84. The molecule has 2 heteroatoms. The second-order valence-corrected chi connectivity index (χ2v) is 9.11. The van der Waals surface area contributed by atoms with Crippen molar-refractivity contribution in [1.82, 2.24) is 4.98 Å². The molecular weight excluding hydrogens is 402 g/mol. The highest BCUT2D eigenvalue weighted by Gasteiger charge is 2.03. The number of hydrogen-bond acceptors (Lipinski definition) is 2. The van der Waals surface area contributed by atoms with E-state index in [9.17, 15) is 0 Å². The standard InChI is InChI=1S/C31H41NO/c1-3-5-7-8-10-24-33-30-22-23-31(32-25-30)29-20-18-28(19-21-29)17-16-27-14-12-26(13-15-27)11-9-6-4-2/h12-15,18-23,25H,3-11,16-17,24H2,1-2H3. The van der Waals surface area contributed by atoms with E-state index in [0.717, 1.165) is 42.9 Å². The number of nitrogens with zero attached hydrogens (tertiary/aromatic N) is 1. The molecule has 1 aromatic heterocycles. The Morgan fingerprint density at radius 2 is 1.15 bits per heavy atom. The summed E-state index contributed by atoms with van der Waals surface area (Å²) >= 11 is 0. The third-order valence-corrected chi connectivity index (χ3v) is 6.30. The molecule has 0 atom stereocenters. The van der Waals surface area contributed by atoms with Crippen LogP contribution in [0.5, 0.6) is 5.75 Å². The van der Waals surface area contributed by atoms with E-state index < -0.39 is 0 Å². The number of aryl methyl sites for hydroxylation is 3. The maximum atomic E-state index is 5.84. The third kappa shape index (κ3) is 9.04. The SMILES string of the molecule is CCCCCCCOc1ccc(-c2ccc(CCc3ccc(CCCCC)cc3)cc2)nc1. The number of rotatable bonds is 15. The minimum absolute atomic E-state index is 0.779. The second-order valence-electron chi connectivity index (χ2n) is 9.11. The summed E-state index contributed by atoms with van der Waals surface area (Å²) in [6.07, 6.45) is 15.4. The fraction of sp³-hybridized carbons (Fsp3) is 0.452. The topological polar surface area (TPSA) is 22.1 Å². The Hall–Kier alpha value is -2.61. The van der Waals surface area contributed by atoms with E-state index in [1.165, 1.54) is 68.1 Å². The van der Waals surface area contributed by atoms with E-state index in [-0.39, 0.29) is 0 Å². The van der Waals surface area contributed by atoms with Crippen LogP contribution in [0, 0.1) is 0 Å².